The third-order valence-corrected chi connectivity index (χ3v) is 3.62. The van der Waals surface area contributed by atoms with Crippen molar-refractivity contribution in [2.75, 3.05) is 5.32 Å². The summed E-state index contributed by atoms with van der Waals surface area (Å²) < 4.78 is 5.34. The van der Waals surface area contributed by atoms with E-state index in [9.17, 15) is 25.4 Å². The first kappa shape index (κ1) is 15.9. The number of anilines is 1. The summed E-state index contributed by atoms with van der Waals surface area (Å²) >= 11 is 5.70. The molecule has 4 N–H and O–H groups in total. The van der Waals surface area contributed by atoms with E-state index in [-0.39, 0.29) is 10.7 Å². The average molecular weight is 319 g/mol. The van der Waals surface area contributed by atoms with Crippen molar-refractivity contribution in [3.8, 4) is 0 Å². The summed E-state index contributed by atoms with van der Waals surface area (Å²) in [5.74, 6) is 0. The molecule has 0 aromatic heterocycles. The topological polar surface area (TPSA) is 125 Å². The lowest BCUT2D eigenvalue weighted by molar-refractivity contribution is -0.384. The molecule has 1 saturated heterocycles. The Balaban J connectivity index is 2.18. The van der Waals surface area contributed by atoms with Crippen LogP contribution in [0.1, 0.15) is 6.92 Å². The minimum atomic E-state index is -1.38. The fourth-order valence-corrected chi connectivity index (χ4v) is 2.26. The highest BCUT2D eigenvalue weighted by Gasteiger charge is 2.41. The largest absolute Gasteiger partial charge is 0.388 e. The van der Waals surface area contributed by atoms with Crippen LogP contribution in [-0.2, 0) is 4.74 Å². The monoisotopic (exact) mass is 318 g/mol. The number of ether oxygens (including phenoxy) is 1. The molecule has 0 bridgehead atoms. The molecule has 0 unspecified atom stereocenters. The standard InChI is InChI=1S/C12H15ClN2O6/c1-5-9(16)10(17)11(18)12(21-5)14-6-2-3-7(13)8(4-6)15(19)20/h2-5,9-12,14,16-18H,1H3/t5-,9+,10-,11+,12-/m0/s1. The van der Waals surface area contributed by atoms with Crippen LogP contribution in [0.2, 0.25) is 5.02 Å². The summed E-state index contributed by atoms with van der Waals surface area (Å²) in [6.45, 7) is 1.54. The normalized spacial score (nSPS) is 32.7. The third kappa shape index (κ3) is 3.25. The highest BCUT2D eigenvalue weighted by Crippen LogP contribution is 2.29. The summed E-state index contributed by atoms with van der Waals surface area (Å²) in [6, 6.07) is 4.01. The SMILES string of the molecule is C[C@@H]1O[C@H](Nc2ccc(Cl)c([N+](=O)[O-])c2)[C@H](O)[C@@H](O)[C@@H]1O. The predicted molar refractivity (Wildman–Crippen MR) is 74.1 cm³/mol. The Morgan fingerprint density at radius 1 is 1.29 bits per heavy atom. The molecule has 0 aliphatic carbocycles. The predicted octanol–water partition coefficient (Wildman–Crippen LogP) is 0.488. The van der Waals surface area contributed by atoms with Crippen LogP contribution >= 0.6 is 11.6 Å². The average Bonchev–Trinajstić information content (AvgIpc) is 2.44. The van der Waals surface area contributed by atoms with E-state index < -0.39 is 35.6 Å². The Bertz CT molecular complexity index is 542. The number of rotatable bonds is 3. The number of nitrogens with zero attached hydrogens (tertiary/aromatic N) is 1. The summed E-state index contributed by atoms with van der Waals surface area (Å²) in [5.41, 5.74) is 0.00605. The van der Waals surface area contributed by atoms with Crippen molar-refractivity contribution in [3.05, 3.63) is 33.3 Å². The maximum Gasteiger partial charge on any atom is 0.289 e. The highest BCUT2D eigenvalue weighted by atomic mass is 35.5. The van der Waals surface area contributed by atoms with Gasteiger partial charge in [-0.25, -0.2) is 0 Å². The highest BCUT2D eigenvalue weighted by molar-refractivity contribution is 6.32. The van der Waals surface area contributed by atoms with Crippen molar-refractivity contribution in [1.82, 2.24) is 0 Å². The molecule has 1 aliphatic rings. The number of hydrogen-bond donors (Lipinski definition) is 4. The molecular weight excluding hydrogens is 304 g/mol. The zero-order valence-electron chi connectivity index (χ0n) is 11.0. The zero-order chi connectivity index (χ0) is 15.7. The number of halogens is 1. The van der Waals surface area contributed by atoms with Crippen molar-refractivity contribution < 1.29 is 25.0 Å². The fourth-order valence-electron chi connectivity index (χ4n) is 2.08. The van der Waals surface area contributed by atoms with Crippen molar-refractivity contribution in [2.24, 2.45) is 0 Å². The van der Waals surface area contributed by atoms with Gasteiger partial charge >= 0.3 is 0 Å². The Labute approximate surface area is 125 Å². The number of nitro benzene ring substituents is 1. The molecule has 0 radical (unpaired) electrons. The van der Waals surface area contributed by atoms with Gasteiger partial charge in [0.25, 0.3) is 5.69 Å². The number of benzene rings is 1. The van der Waals surface area contributed by atoms with Crippen LogP contribution in [0.15, 0.2) is 18.2 Å². The molecular formula is C12H15ClN2O6. The van der Waals surface area contributed by atoms with Gasteiger partial charge in [-0.1, -0.05) is 11.6 Å². The second-order valence-electron chi connectivity index (χ2n) is 4.80. The quantitative estimate of drug-likeness (QED) is 0.472. The van der Waals surface area contributed by atoms with Crippen LogP contribution < -0.4 is 5.32 Å². The molecule has 5 atom stereocenters. The molecule has 1 heterocycles. The van der Waals surface area contributed by atoms with Gasteiger partial charge in [0, 0.05) is 11.8 Å². The molecule has 116 valence electrons. The Hall–Kier alpha value is -1.45. The van der Waals surface area contributed by atoms with Crippen LogP contribution in [-0.4, -0.2) is 50.9 Å². The summed E-state index contributed by atoms with van der Waals surface area (Å²) in [4.78, 5) is 10.2. The van der Waals surface area contributed by atoms with E-state index in [0.717, 1.165) is 0 Å². The molecule has 1 aromatic carbocycles. The minimum Gasteiger partial charge on any atom is -0.388 e. The lowest BCUT2D eigenvalue weighted by Crippen LogP contribution is -2.58. The first-order chi connectivity index (χ1) is 9.81. The van der Waals surface area contributed by atoms with Crippen molar-refractivity contribution in [1.29, 1.82) is 0 Å². The molecule has 21 heavy (non-hydrogen) atoms. The van der Waals surface area contributed by atoms with Gasteiger partial charge in [-0.05, 0) is 19.1 Å². The van der Waals surface area contributed by atoms with Crippen molar-refractivity contribution >= 4 is 23.0 Å². The van der Waals surface area contributed by atoms with Crippen LogP contribution in [0.4, 0.5) is 11.4 Å². The van der Waals surface area contributed by atoms with Crippen LogP contribution in [0, 0.1) is 10.1 Å². The van der Waals surface area contributed by atoms with Crippen LogP contribution in [0.3, 0.4) is 0 Å². The molecule has 0 saturated carbocycles. The number of aliphatic hydroxyl groups excluding tert-OH is 3. The molecule has 8 nitrogen and oxygen atoms in total. The summed E-state index contributed by atoms with van der Waals surface area (Å²) in [7, 11) is 0. The summed E-state index contributed by atoms with van der Waals surface area (Å²) in [5, 5.41) is 42.7. The van der Waals surface area contributed by atoms with Gasteiger partial charge in [-0.3, -0.25) is 10.1 Å². The molecule has 1 aromatic rings. The van der Waals surface area contributed by atoms with E-state index >= 15 is 0 Å². The van der Waals surface area contributed by atoms with E-state index in [1.165, 1.54) is 18.2 Å². The van der Waals surface area contributed by atoms with Gasteiger partial charge in [-0.15, -0.1) is 0 Å². The molecule has 9 heteroatoms. The van der Waals surface area contributed by atoms with E-state index in [4.69, 9.17) is 16.3 Å². The van der Waals surface area contributed by atoms with Gasteiger partial charge < -0.3 is 25.4 Å². The van der Waals surface area contributed by atoms with E-state index in [1.807, 2.05) is 0 Å². The summed E-state index contributed by atoms with van der Waals surface area (Å²) in [6.07, 6.45) is -5.69. The number of nitro groups is 1. The van der Waals surface area contributed by atoms with Gasteiger partial charge in [0.1, 0.15) is 23.3 Å². The van der Waals surface area contributed by atoms with Crippen molar-refractivity contribution in [2.45, 2.75) is 37.6 Å². The lowest BCUT2D eigenvalue weighted by Gasteiger charge is -2.39. The Morgan fingerprint density at radius 2 is 1.95 bits per heavy atom. The first-order valence-corrected chi connectivity index (χ1v) is 6.59. The molecule has 1 fully saturated rings. The maximum atomic E-state index is 10.8. The van der Waals surface area contributed by atoms with Gasteiger partial charge in [0.05, 0.1) is 11.0 Å². The van der Waals surface area contributed by atoms with E-state index in [2.05, 4.69) is 5.32 Å². The van der Waals surface area contributed by atoms with Gasteiger partial charge in [-0.2, -0.15) is 0 Å². The number of hydrogen-bond acceptors (Lipinski definition) is 7. The smallest absolute Gasteiger partial charge is 0.289 e. The Kier molecular flexibility index (Phi) is 4.64. The minimum absolute atomic E-state index is 0.0144. The van der Waals surface area contributed by atoms with E-state index in [0.29, 0.717) is 5.69 Å². The molecule has 1 aliphatic heterocycles. The van der Waals surface area contributed by atoms with Gasteiger partial charge in [0.2, 0.25) is 0 Å². The number of aliphatic hydroxyl groups is 3. The second kappa shape index (κ2) is 6.12. The Morgan fingerprint density at radius 3 is 2.57 bits per heavy atom. The molecule has 0 spiro atoms. The first-order valence-electron chi connectivity index (χ1n) is 6.21. The fraction of sp³-hybridized carbons (Fsp3) is 0.500. The van der Waals surface area contributed by atoms with E-state index in [1.54, 1.807) is 6.92 Å². The maximum absolute atomic E-state index is 10.8. The second-order valence-corrected chi connectivity index (χ2v) is 5.21. The molecule has 0 amide bonds. The van der Waals surface area contributed by atoms with Crippen LogP contribution in [0.5, 0.6) is 0 Å². The zero-order valence-corrected chi connectivity index (χ0v) is 11.8. The lowest BCUT2D eigenvalue weighted by atomic mass is 9.99. The van der Waals surface area contributed by atoms with Crippen LogP contribution in [0.25, 0.3) is 0 Å². The van der Waals surface area contributed by atoms with Crippen molar-refractivity contribution in [3.63, 3.8) is 0 Å². The molecule has 2 rings (SSSR count). The third-order valence-electron chi connectivity index (χ3n) is 3.30. The number of nitrogens with one attached hydrogen (secondary N) is 1. The van der Waals surface area contributed by atoms with Gasteiger partial charge in [0.15, 0.2) is 6.23 Å².